The number of amides is 1. The molecule has 0 spiro atoms. The van der Waals surface area contributed by atoms with Gasteiger partial charge < -0.3 is 19.4 Å². The minimum Gasteiger partial charge on any atom is -0.497 e. The smallest absolute Gasteiger partial charge is 0.274 e. The Morgan fingerprint density at radius 2 is 1.67 bits per heavy atom. The first-order valence-corrected chi connectivity index (χ1v) is 9.43. The Morgan fingerprint density at radius 3 is 2.19 bits per heavy atom. The summed E-state index contributed by atoms with van der Waals surface area (Å²) in [5, 5.41) is 8.38. The van der Waals surface area contributed by atoms with E-state index in [2.05, 4.69) is 33.8 Å². The Balaban J connectivity index is 1.59. The quantitative estimate of drug-likeness (QED) is 0.779. The van der Waals surface area contributed by atoms with Crippen LogP contribution in [-0.2, 0) is 0 Å². The molecular weight excluding hydrogens is 342 g/mol. The summed E-state index contributed by atoms with van der Waals surface area (Å²) in [6, 6.07) is 11.7. The molecule has 1 aliphatic rings. The highest BCUT2D eigenvalue weighted by Gasteiger charge is 2.23. The van der Waals surface area contributed by atoms with Crippen molar-refractivity contribution in [1.29, 1.82) is 0 Å². The lowest BCUT2D eigenvalue weighted by Gasteiger charge is -2.36. The topological polar surface area (TPSA) is 61.8 Å². The monoisotopic (exact) mass is 369 g/mol. The van der Waals surface area contributed by atoms with Gasteiger partial charge in [0, 0.05) is 45.0 Å². The van der Waals surface area contributed by atoms with Crippen molar-refractivity contribution >= 4 is 17.4 Å². The number of rotatable bonds is 6. The van der Waals surface area contributed by atoms with Crippen LogP contribution >= 0.6 is 0 Å². The van der Waals surface area contributed by atoms with E-state index < -0.39 is 0 Å². The van der Waals surface area contributed by atoms with E-state index in [0.717, 1.165) is 43.4 Å². The Hall–Kier alpha value is -2.83. The van der Waals surface area contributed by atoms with E-state index in [9.17, 15) is 4.79 Å². The number of hydrogen-bond acceptors (Lipinski definition) is 6. The second-order valence-electron chi connectivity index (χ2n) is 6.43. The SMILES string of the molecule is CCN(CC)c1ccc(C(=O)N2CCN(c3ccc(OC)cc3)CC2)nn1. The molecule has 2 aromatic rings. The van der Waals surface area contributed by atoms with Crippen LogP contribution in [0.15, 0.2) is 36.4 Å². The molecule has 144 valence electrons. The summed E-state index contributed by atoms with van der Waals surface area (Å²) >= 11 is 0. The molecule has 0 saturated carbocycles. The Labute approximate surface area is 160 Å². The minimum atomic E-state index is -0.0528. The highest BCUT2D eigenvalue weighted by atomic mass is 16.5. The summed E-state index contributed by atoms with van der Waals surface area (Å²) < 4.78 is 5.20. The van der Waals surface area contributed by atoms with Gasteiger partial charge >= 0.3 is 0 Å². The van der Waals surface area contributed by atoms with E-state index in [0.29, 0.717) is 18.8 Å². The van der Waals surface area contributed by atoms with Gasteiger partial charge in [-0.25, -0.2) is 0 Å². The average Bonchev–Trinajstić information content (AvgIpc) is 2.75. The van der Waals surface area contributed by atoms with Crippen LogP contribution in [0.2, 0.25) is 0 Å². The number of anilines is 2. The summed E-state index contributed by atoms with van der Waals surface area (Å²) in [4.78, 5) is 19.0. The predicted octanol–water partition coefficient (Wildman–Crippen LogP) is 2.29. The van der Waals surface area contributed by atoms with Crippen molar-refractivity contribution in [2.75, 3.05) is 56.2 Å². The van der Waals surface area contributed by atoms with Gasteiger partial charge in [-0.15, -0.1) is 10.2 Å². The van der Waals surface area contributed by atoms with Gasteiger partial charge in [-0.1, -0.05) is 0 Å². The molecule has 2 heterocycles. The van der Waals surface area contributed by atoms with Crippen molar-refractivity contribution in [3.05, 3.63) is 42.1 Å². The van der Waals surface area contributed by atoms with Crippen molar-refractivity contribution < 1.29 is 9.53 Å². The lowest BCUT2D eigenvalue weighted by molar-refractivity contribution is 0.0739. The number of piperazine rings is 1. The third-order valence-electron chi connectivity index (χ3n) is 4.96. The molecule has 27 heavy (non-hydrogen) atoms. The molecular formula is C20H27N5O2. The highest BCUT2D eigenvalue weighted by molar-refractivity contribution is 5.92. The summed E-state index contributed by atoms with van der Waals surface area (Å²) in [5.74, 6) is 1.60. The van der Waals surface area contributed by atoms with E-state index in [-0.39, 0.29) is 5.91 Å². The first-order valence-electron chi connectivity index (χ1n) is 9.43. The van der Waals surface area contributed by atoms with Crippen LogP contribution in [0.25, 0.3) is 0 Å². The van der Waals surface area contributed by atoms with Crippen LogP contribution in [0.3, 0.4) is 0 Å². The molecule has 0 unspecified atom stereocenters. The van der Waals surface area contributed by atoms with Crippen molar-refractivity contribution in [3.8, 4) is 5.75 Å². The van der Waals surface area contributed by atoms with Crippen LogP contribution in [0, 0.1) is 0 Å². The number of carbonyl (C=O) groups is 1. The number of methoxy groups -OCH3 is 1. The van der Waals surface area contributed by atoms with E-state index in [1.165, 1.54) is 0 Å². The van der Waals surface area contributed by atoms with Gasteiger partial charge in [-0.3, -0.25) is 4.79 Å². The van der Waals surface area contributed by atoms with Crippen molar-refractivity contribution in [3.63, 3.8) is 0 Å². The lowest BCUT2D eigenvalue weighted by Crippen LogP contribution is -2.49. The third-order valence-corrected chi connectivity index (χ3v) is 4.96. The number of carbonyl (C=O) groups excluding carboxylic acids is 1. The van der Waals surface area contributed by atoms with Gasteiger partial charge in [0.1, 0.15) is 5.75 Å². The number of benzene rings is 1. The van der Waals surface area contributed by atoms with Crippen LogP contribution in [0.5, 0.6) is 5.75 Å². The molecule has 1 saturated heterocycles. The van der Waals surface area contributed by atoms with Gasteiger partial charge in [0.05, 0.1) is 7.11 Å². The van der Waals surface area contributed by atoms with Gasteiger partial charge in [0.2, 0.25) is 0 Å². The van der Waals surface area contributed by atoms with Crippen LogP contribution in [-0.4, -0.2) is 67.4 Å². The van der Waals surface area contributed by atoms with E-state index >= 15 is 0 Å². The van der Waals surface area contributed by atoms with Gasteiger partial charge in [-0.2, -0.15) is 0 Å². The second-order valence-corrected chi connectivity index (χ2v) is 6.43. The molecule has 1 aromatic carbocycles. The first-order chi connectivity index (χ1) is 13.2. The number of aromatic nitrogens is 2. The molecule has 0 aliphatic carbocycles. The molecule has 1 aromatic heterocycles. The zero-order valence-corrected chi connectivity index (χ0v) is 16.3. The largest absolute Gasteiger partial charge is 0.497 e. The standard InChI is InChI=1S/C20H27N5O2/c1-4-23(5-2)19-11-10-18(21-22-19)20(26)25-14-12-24(13-15-25)16-6-8-17(27-3)9-7-16/h6-11H,4-5,12-15H2,1-3H3. The zero-order valence-electron chi connectivity index (χ0n) is 16.3. The molecule has 0 N–H and O–H groups in total. The molecule has 7 heteroatoms. The molecule has 7 nitrogen and oxygen atoms in total. The van der Waals surface area contributed by atoms with Crippen molar-refractivity contribution in [2.24, 2.45) is 0 Å². The fourth-order valence-electron chi connectivity index (χ4n) is 3.28. The average molecular weight is 369 g/mol. The van der Waals surface area contributed by atoms with E-state index in [4.69, 9.17) is 4.74 Å². The highest BCUT2D eigenvalue weighted by Crippen LogP contribution is 2.21. The van der Waals surface area contributed by atoms with Crippen LogP contribution < -0.4 is 14.5 Å². The van der Waals surface area contributed by atoms with Crippen molar-refractivity contribution in [1.82, 2.24) is 15.1 Å². The van der Waals surface area contributed by atoms with Crippen molar-refractivity contribution in [2.45, 2.75) is 13.8 Å². The normalized spacial score (nSPS) is 14.2. The number of hydrogen-bond donors (Lipinski definition) is 0. The molecule has 1 aliphatic heterocycles. The second kappa shape index (κ2) is 8.70. The lowest BCUT2D eigenvalue weighted by atomic mass is 10.2. The van der Waals surface area contributed by atoms with Gasteiger partial charge in [-0.05, 0) is 50.2 Å². The van der Waals surface area contributed by atoms with E-state index in [1.807, 2.05) is 35.2 Å². The minimum absolute atomic E-state index is 0.0528. The molecule has 0 atom stereocenters. The summed E-state index contributed by atoms with van der Waals surface area (Å²) in [6.45, 7) is 8.82. The maximum absolute atomic E-state index is 12.7. The fourth-order valence-corrected chi connectivity index (χ4v) is 3.28. The molecule has 0 bridgehead atoms. The van der Waals surface area contributed by atoms with Gasteiger partial charge in [0.25, 0.3) is 5.91 Å². The summed E-state index contributed by atoms with van der Waals surface area (Å²) in [5.41, 5.74) is 1.55. The van der Waals surface area contributed by atoms with E-state index in [1.54, 1.807) is 13.2 Å². The van der Waals surface area contributed by atoms with Crippen LogP contribution in [0.4, 0.5) is 11.5 Å². The Bertz CT molecular complexity index is 736. The summed E-state index contributed by atoms with van der Waals surface area (Å²) in [6.07, 6.45) is 0. The Morgan fingerprint density at radius 1 is 1.00 bits per heavy atom. The maximum atomic E-state index is 12.7. The molecule has 1 amide bonds. The Kier molecular flexibility index (Phi) is 6.11. The van der Waals surface area contributed by atoms with Crippen LogP contribution in [0.1, 0.15) is 24.3 Å². The molecule has 3 rings (SSSR count). The predicted molar refractivity (Wildman–Crippen MR) is 107 cm³/mol. The maximum Gasteiger partial charge on any atom is 0.274 e. The molecule has 0 radical (unpaired) electrons. The first kappa shape index (κ1) is 18.9. The zero-order chi connectivity index (χ0) is 19.2. The molecule has 1 fully saturated rings. The number of ether oxygens (including phenoxy) is 1. The number of nitrogens with zero attached hydrogens (tertiary/aromatic N) is 5. The summed E-state index contributed by atoms with van der Waals surface area (Å²) in [7, 11) is 1.66. The fraction of sp³-hybridized carbons (Fsp3) is 0.450. The van der Waals surface area contributed by atoms with Gasteiger partial charge in [0.15, 0.2) is 11.5 Å². The third kappa shape index (κ3) is 4.30.